The average molecular weight is 405 g/mol. The first-order chi connectivity index (χ1) is 0. The summed E-state index contributed by atoms with van der Waals surface area (Å²) in [6.45, 7) is 0. The van der Waals surface area contributed by atoms with Crippen molar-refractivity contribution in [3.05, 3.63) is 0 Å². The third-order valence-corrected chi connectivity index (χ3v) is 0. The Kier molecular flexibility index (Phi) is 557. The van der Waals surface area contributed by atoms with Crippen LogP contribution in [-0.4, -0.2) is 83.1 Å². The van der Waals surface area contributed by atoms with Gasteiger partial charge in [-0.15, -0.1) is 0 Å². The fraction of sp³-hybridized carbons (Fsp3) is 0. The predicted molar refractivity (Wildman–Crippen MR) is 38.4 cm³/mol. The first-order valence-electron chi connectivity index (χ1n) is 0. The fourth-order valence-corrected chi connectivity index (χ4v) is 0. The van der Waals surface area contributed by atoms with Gasteiger partial charge in [-0.25, -0.2) is 0 Å². The van der Waals surface area contributed by atoms with Crippen LogP contribution >= 0.6 is 0 Å². The van der Waals surface area contributed by atoms with Crippen molar-refractivity contribution in [3.8, 4) is 0 Å². The molecular formula is H11AlCaCrMnSeSiTiZn. The van der Waals surface area contributed by atoms with Crippen molar-refractivity contribution in [2.45, 2.75) is 0 Å². The van der Waals surface area contributed by atoms with Gasteiger partial charge in [0.05, 0.1) is 0 Å². The largest absolute Gasteiger partial charge is 0.0149 e. The van der Waals surface area contributed by atoms with Crippen LogP contribution in [-0.2, 0) is 75.6 Å². The van der Waals surface area contributed by atoms with E-state index < -0.39 is 0 Å². The summed E-state index contributed by atoms with van der Waals surface area (Å²) in [6, 6.07) is 0. The van der Waals surface area contributed by atoms with Crippen LogP contribution in [0.5, 0.6) is 0 Å². The van der Waals surface area contributed by atoms with Gasteiger partial charge >= 0.3 is 54.8 Å². The molecule has 0 unspecified atom stereocenters. The minimum atomic E-state index is 0. The van der Waals surface area contributed by atoms with Crippen LogP contribution in [0.1, 0.15) is 0 Å². The van der Waals surface area contributed by atoms with E-state index in [0.717, 1.165) is 0 Å². The second kappa shape index (κ2) is 58.7. The van der Waals surface area contributed by atoms with E-state index >= 15 is 0 Å². The minimum Gasteiger partial charge on any atom is -0.0149 e. The Morgan fingerprint density at radius 3 is 1.00 bits per heavy atom. The molecule has 0 aromatic heterocycles. The monoisotopic (exact) mass is 405 g/mol. The third-order valence-electron chi connectivity index (χ3n) is 0. The molecular weight excluding hydrogens is 394 g/mol. The SMILES string of the molecule is [AlH3].[CaH2].[Cr].[Mn].[SeH2].[SiH4].[Ti].[Zn]. The molecule has 0 aromatic carbocycles. The zero-order valence-electron chi connectivity index (χ0n) is 2.49. The van der Waals surface area contributed by atoms with Gasteiger partial charge in [-0.2, -0.15) is 0 Å². The molecule has 0 saturated carbocycles. The second-order valence-corrected chi connectivity index (χ2v) is 0. The van der Waals surface area contributed by atoms with Gasteiger partial charge < -0.3 is 0 Å². The molecule has 0 atom stereocenters. The molecule has 0 amide bonds. The maximum absolute atomic E-state index is 0. The standard InChI is InChI=1S/Al.Ca.Cr.Mn.H2Se.H4Si.Ti.Zn.5H/h;;;;1H2;1H4;;;;;;;. The quantitative estimate of drug-likeness (QED) is 0.357. The topological polar surface area (TPSA) is 0 Å². The molecule has 0 spiro atoms. The van der Waals surface area contributed by atoms with Crippen molar-refractivity contribution >= 4 is 83.1 Å². The molecule has 45 valence electrons. The van der Waals surface area contributed by atoms with Gasteiger partial charge in [-0.05, 0) is 11.0 Å². The Morgan fingerprint density at radius 1 is 1.00 bits per heavy atom. The van der Waals surface area contributed by atoms with E-state index in [1.807, 2.05) is 0 Å². The van der Waals surface area contributed by atoms with E-state index in [-0.39, 0.29) is 159 Å². The molecule has 0 fully saturated rings. The summed E-state index contributed by atoms with van der Waals surface area (Å²) < 4.78 is 0. The van der Waals surface area contributed by atoms with Crippen LogP contribution in [0, 0.1) is 0 Å². The van der Waals surface area contributed by atoms with E-state index in [2.05, 4.69) is 0 Å². The molecule has 0 aromatic rings. The molecule has 0 rings (SSSR count). The van der Waals surface area contributed by atoms with Gasteiger partial charge in [0.25, 0.3) is 0 Å². The molecule has 0 bridgehead atoms. The molecule has 0 aliphatic carbocycles. The van der Waals surface area contributed by atoms with Gasteiger partial charge in [-0.1, -0.05) is 0 Å². The minimum absolute atomic E-state index is 0. The molecule has 0 saturated heterocycles. The van der Waals surface area contributed by atoms with Crippen molar-refractivity contribution in [2.24, 2.45) is 0 Å². The summed E-state index contributed by atoms with van der Waals surface area (Å²) in [6.07, 6.45) is 0. The van der Waals surface area contributed by atoms with E-state index in [9.17, 15) is 0 Å². The molecule has 1 radical (unpaired) electrons. The normalized spacial score (nSPS) is 0. The van der Waals surface area contributed by atoms with Crippen molar-refractivity contribution in [2.75, 3.05) is 0 Å². The summed E-state index contributed by atoms with van der Waals surface area (Å²) >= 11 is 0. The number of rotatable bonds is 0. The molecule has 8 heteroatoms. The third kappa shape index (κ3) is 44.4. The van der Waals surface area contributed by atoms with Crippen LogP contribution in [0.25, 0.3) is 0 Å². The Balaban J connectivity index is 0. The van der Waals surface area contributed by atoms with Gasteiger partial charge in [0.15, 0.2) is 17.4 Å². The first-order valence-corrected chi connectivity index (χ1v) is 0. The van der Waals surface area contributed by atoms with E-state index in [1.54, 1.807) is 0 Å². The van der Waals surface area contributed by atoms with Crippen molar-refractivity contribution in [1.82, 2.24) is 0 Å². The van der Waals surface area contributed by atoms with Crippen LogP contribution in [0.4, 0.5) is 0 Å². The second-order valence-electron chi connectivity index (χ2n) is 0. The summed E-state index contributed by atoms with van der Waals surface area (Å²) in [5.74, 6) is 0. The molecule has 0 N–H and O–H groups in total. The van der Waals surface area contributed by atoms with Crippen molar-refractivity contribution < 1.29 is 75.6 Å². The van der Waals surface area contributed by atoms with Gasteiger partial charge in [0, 0.05) is 75.6 Å². The van der Waals surface area contributed by atoms with Gasteiger partial charge in [-0.3, -0.25) is 0 Å². The fourth-order valence-electron chi connectivity index (χ4n) is 0. The van der Waals surface area contributed by atoms with Gasteiger partial charge in [0.1, 0.15) is 0 Å². The average Bonchev–Trinajstić information content (AvgIpc) is 0. The van der Waals surface area contributed by atoms with Crippen LogP contribution < -0.4 is 0 Å². The Bertz CT molecular complexity index is 24.0. The maximum atomic E-state index is 0. The maximum Gasteiger partial charge on any atom is 0 e. The van der Waals surface area contributed by atoms with Crippen LogP contribution in [0.2, 0.25) is 0 Å². The van der Waals surface area contributed by atoms with Gasteiger partial charge in [0.2, 0.25) is 0 Å². The molecule has 0 heterocycles. The molecule has 0 nitrogen and oxygen atoms in total. The van der Waals surface area contributed by atoms with Crippen LogP contribution in [0.3, 0.4) is 0 Å². The summed E-state index contributed by atoms with van der Waals surface area (Å²) in [5.41, 5.74) is 0. The predicted octanol–water partition coefficient (Wildman–Crippen LogP) is -4.48. The molecule has 8 heavy (non-hydrogen) atoms. The number of hydrogen-bond donors (Lipinski definition) is 0. The van der Waals surface area contributed by atoms with Crippen molar-refractivity contribution in [1.29, 1.82) is 0 Å². The molecule has 0 aliphatic heterocycles. The Morgan fingerprint density at radius 2 is 1.00 bits per heavy atom. The van der Waals surface area contributed by atoms with E-state index in [4.69, 9.17) is 0 Å². The smallest absolute Gasteiger partial charge is 0 e. The first kappa shape index (κ1) is 75.9. The Labute approximate surface area is 155 Å². The summed E-state index contributed by atoms with van der Waals surface area (Å²) in [7, 11) is 0. The zero-order chi connectivity index (χ0) is 0. The zero-order valence-corrected chi connectivity index (χ0v) is 11.6. The number of hydrogen-bond acceptors (Lipinski definition) is 0. The molecule has 0 aliphatic rings. The summed E-state index contributed by atoms with van der Waals surface area (Å²) in [4.78, 5) is 0. The summed E-state index contributed by atoms with van der Waals surface area (Å²) in [5, 5.41) is 0. The van der Waals surface area contributed by atoms with E-state index in [1.165, 1.54) is 0 Å². The van der Waals surface area contributed by atoms with E-state index in [0.29, 0.717) is 0 Å². The van der Waals surface area contributed by atoms with Crippen molar-refractivity contribution in [3.63, 3.8) is 0 Å². The Hall–Kier alpha value is 4.92. The van der Waals surface area contributed by atoms with Crippen LogP contribution in [0.15, 0.2) is 0 Å².